The van der Waals surface area contributed by atoms with Crippen LogP contribution in [-0.2, 0) is 19.1 Å². The number of likely N-dealkylation sites (N-methyl/N-ethyl adjacent to an activating group) is 1. The summed E-state index contributed by atoms with van der Waals surface area (Å²) in [7, 11) is 3.41. The molecule has 0 saturated carbocycles. The van der Waals surface area contributed by atoms with E-state index in [1.54, 1.807) is 0 Å². The lowest BCUT2D eigenvalue weighted by Gasteiger charge is -2.34. The van der Waals surface area contributed by atoms with Gasteiger partial charge in [0.05, 0.1) is 24.2 Å². The third-order valence-corrected chi connectivity index (χ3v) is 7.74. The first-order chi connectivity index (χ1) is 20.1. The van der Waals surface area contributed by atoms with Crippen LogP contribution in [0.15, 0.2) is 114 Å². The van der Waals surface area contributed by atoms with Crippen molar-refractivity contribution in [2.45, 2.75) is 51.6 Å². The first-order valence-electron chi connectivity index (χ1n) is 14.4. The number of rotatable bonds is 11. The van der Waals surface area contributed by atoms with Gasteiger partial charge in [-0.3, -0.25) is 0 Å². The number of methoxy groups -OCH3 is 1. The largest absolute Gasteiger partial charge is 0.466 e. The summed E-state index contributed by atoms with van der Waals surface area (Å²) >= 11 is 0. The molecule has 0 radical (unpaired) electrons. The van der Waals surface area contributed by atoms with Gasteiger partial charge >= 0.3 is 11.9 Å². The average Bonchev–Trinajstić information content (AvgIpc) is 2.97. The van der Waals surface area contributed by atoms with E-state index < -0.39 is 23.5 Å². The molecule has 3 aromatic carbocycles. The lowest BCUT2D eigenvalue weighted by Crippen LogP contribution is -2.42. The molecule has 0 spiro atoms. The Morgan fingerprint density at radius 1 is 0.810 bits per heavy atom. The van der Waals surface area contributed by atoms with Gasteiger partial charge in [0.1, 0.15) is 5.60 Å². The number of hydrogen-bond donors (Lipinski definition) is 1. The van der Waals surface area contributed by atoms with Gasteiger partial charge in [-0.1, -0.05) is 91.0 Å². The Kier molecular flexibility index (Phi) is 10.0. The third-order valence-electron chi connectivity index (χ3n) is 7.74. The molecular weight excluding hydrogens is 524 g/mol. The van der Waals surface area contributed by atoms with Crippen molar-refractivity contribution in [2.75, 3.05) is 27.2 Å². The van der Waals surface area contributed by atoms with E-state index in [1.807, 2.05) is 70.2 Å². The third kappa shape index (κ3) is 7.37. The van der Waals surface area contributed by atoms with Crippen molar-refractivity contribution in [3.63, 3.8) is 0 Å². The van der Waals surface area contributed by atoms with E-state index in [0.717, 1.165) is 18.5 Å². The summed E-state index contributed by atoms with van der Waals surface area (Å²) < 4.78 is 11.3. The monoisotopic (exact) mass is 566 g/mol. The minimum absolute atomic E-state index is 0.264. The molecule has 1 atom stereocenters. The van der Waals surface area contributed by atoms with Gasteiger partial charge in [-0.25, -0.2) is 9.59 Å². The predicted octanol–water partition coefficient (Wildman–Crippen LogP) is 6.57. The SMILES string of the molecule is COC(=O)C1=C(C)NC(C)=C(C(=O)OC(C)(C)CN(C)CCC(c2ccccc2)c2ccccc2)C1c1ccccc1. The van der Waals surface area contributed by atoms with Gasteiger partial charge in [0, 0.05) is 23.9 Å². The molecule has 0 aromatic heterocycles. The van der Waals surface area contributed by atoms with E-state index in [4.69, 9.17) is 9.47 Å². The first kappa shape index (κ1) is 30.8. The summed E-state index contributed by atoms with van der Waals surface area (Å²) in [6.07, 6.45) is 0.922. The van der Waals surface area contributed by atoms with Crippen LogP contribution in [0.4, 0.5) is 0 Å². The van der Waals surface area contributed by atoms with Crippen molar-refractivity contribution < 1.29 is 19.1 Å². The second kappa shape index (κ2) is 13.7. The van der Waals surface area contributed by atoms with Crippen molar-refractivity contribution >= 4 is 11.9 Å². The zero-order valence-corrected chi connectivity index (χ0v) is 25.5. The van der Waals surface area contributed by atoms with Gasteiger partial charge in [-0.05, 0) is 64.4 Å². The Balaban J connectivity index is 1.49. The van der Waals surface area contributed by atoms with E-state index in [2.05, 4.69) is 65.8 Å². The van der Waals surface area contributed by atoms with Crippen LogP contribution in [0.25, 0.3) is 0 Å². The van der Waals surface area contributed by atoms with E-state index >= 15 is 0 Å². The highest BCUT2D eigenvalue weighted by Crippen LogP contribution is 2.39. The lowest BCUT2D eigenvalue weighted by molar-refractivity contribution is -0.153. The molecule has 0 bridgehead atoms. The van der Waals surface area contributed by atoms with Gasteiger partial charge in [0.15, 0.2) is 0 Å². The molecule has 0 saturated heterocycles. The minimum Gasteiger partial charge on any atom is -0.466 e. The normalized spacial score (nSPS) is 15.6. The van der Waals surface area contributed by atoms with Crippen LogP contribution >= 0.6 is 0 Å². The second-order valence-corrected chi connectivity index (χ2v) is 11.6. The number of carbonyl (C=O) groups excluding carboxylic acids is 2. The number of dihydropyridines is 1. The van der Waals surface area contributed by atoms with Crippen molar-refractivity contribution in [1.29, 1.82) is 0 Å². The van der Waals surface area contributed by atoms with Gasteiger partial charge < -0.3 is 19.7 Å². The topological polar surface area (TPSA) is 67.9 Å². The van der Waals surface area contributed by atoms with E-state index in [9.17, 15) is 9.59 Å². The summed E-state index contributed by atoms with van der Waals surface area (Å²) in [5.41, 5.74) is 4.76. The Hall–Kier alpha value is -4.16. The van der Waals surface area contributed by atoms with Gasteiger partial charge in [0.2, 0.25) is 0 Å². The Morgan fingerprint density at radius 3 is 1.79 bits per heavy atom. The molecule has 42 heavy (non-hydrogen) atoms. The molecule has 1 heterocycles. The fourth-order valence-electron chi connectivity index (χ4n) is 5.94. The highest BCUT2D eigenvalue weighted by molar-refractivity contribution is 6.00. The standard InChI is InChI=1S/C36H42N2O4/c1-25-31(34(39)41-6)33(29-20-14-9-15-21-29)32(26(2)37-25)35(40)42-36(3,4)24-38(5)23-22-30(27-16-10-7-11-17-27)28-18-12-8-13-19-28/h7-21,30,33,37H,22-24H2,1-6H3. The summed E-state index contributed by atoms with van der Waals surface area (Å²) in [6, 6.07) is 30.7. The van der Waals surface area contributed by atoms with E-state index in [-0.39, 0.29) is 5.92 Å². The maximum absolute atomic E-state index is 13.9. The molecule has 1 aliphatic heterocycles. The molecule has 3 aromatic rings. The lowest BCUT2D eigenvalue weighted by atomic mass is 9.80. The molecule has 220 valence electrons. The number of hydrogen-bond acceptors (Lipinski definition) is 6. The smallest absolute Gasteiger partial charge is 0.337 e. The number of esters is 2. The van der Waals surface area contributed by atoms with Crippen LogP contribution in [0.5, 0.6) is 0 Å². The quantitative estimate of drug-likeness (QED) is 0.265. The van der Waals surface area contributed by atoms with Crippen molar-refractivity contribution in [1.82, 2.24) is 10.2 Å². The number of allylic oxidation sites excluding steroid dienone is 2. The molecule has 0 fully saturated rings. The molecule has 1 unspecified atom stereocenters. The molecule has 4 rings (SSSR count). The molecule has 0 aliphatic carbocycles. The molecular formula is C36H42N2O4. The van der Waals surface area contributed by atoms with Crippen LogP contribution in [0.1, 0.15) is 62.6 Å². The number of ether oxygens (including phenoxy) is 2. The molecule has 1 aliphatic rings. The first-order valence-corrected chi connectivity index (χ1v) is 14.4. The summed E-state index contributed by atoms with van der Waals surface area (Å²) in [4.78, 5) is 29.0. The van der Waals surface area contributed by atoms with Gasteiger partial charge in [-0.2, -0.15) is 0 Å². The highest BCUT2D eigenvalue weighted by Gasteiger charge is 2.39. The average molecular weight is 567 g/mol. The maximum atomic E-state index is 13.9. The molecule has 6 heteroatoms. The zero-order valence-electron chi connectivity index (χ0n) is 25.5. The fourth-order valence-corrected chi connectivity index (χ4v) is 5.94. The highest BCUT2D eigenvalue weighted by atomic mass is 16.6. The fraction of sp³-hybridized carbons (Fsp3) is 0.333. The number of nitrogens with zero attached hydrogens (tertiary/aromatic N) is 1. The summed E-state index contributed by atoms with van der Waals surface area (Å²) in [5, 5.41) is 3.21. The predicted molar refractivity (Wildman–Crippen MR) is 167 cm³/mol. The van der Waals surface area contributed by atoms with E-state index in [1.165, 1.54) is 18.2 Å². The van der Waals surface area contributed by atoms with Gasteiger partial charge in [-0.15, -0.1) is 0 Å². The van der Waals surface area contributed by atoms with Crippen LogP contribution < -0.4 is 5.32 Å². The minimum atomic E-state index is -0.781. The Labute approximate surface area is 250 Å². The molecule has 0 amide bonds. The van der Waals surface area contributed by atoms with E-state index in [0.29, 0.717) is 29.1 Å². The van der Waals surface area contributed by atoms with Gasteiger partial charge in [0.25, 0.3) is 0 Å². The van der Waals surface area contributed by atoms with Crippen molar-refractivity contribution in [2.24, 2.45) is 0 Å². The van der Waals surface area contributed by atoms with Crippen LogP contribution in [0.3, 0.4) is 0 Å². The molecule has 6 nitrogen and oxygen atoms in total. The summed E-state index contributed by atoms with van der Waals surface area (Å²) in [6.45, 7) is 8.89. The van der Waals surface area contributed by atoms with Crippen LogP contribution in [0.2, 0.25) is 0 Å². The molecule has 1 N–H and O–H groups in total. The van der Waals surface area contributed by atoms with Crippen LogP contribution in [-0.4, -0.2) is 49.7 Å². The Bertz CT molecular complexity index is 1390. The number of benzene rings is 3. The van der Waals surface area contributed by atoms with Crippen molar-refractivity contribution in [3.05, 3.63) is 130 Å². The maximum Gasteiger partial charge on any atom is 0.337 e. The second-order valence-electron chi connectivity index (χ2n) is 11.6. The zero-order chi connectivity index (χ0) is 30.3. The number of carbonyl (C=O) groups is 2. The van der Waals surface area contributed by atoms with Crippen molar-refractivity contribution in [3.8, 4) is 0 Å². The number of nitrogens with one attached hydrogen (secondary N) is 1. The van der Waals surface area contributed by atoms with Crippen LogP contribution in [0, 0.1) is 0 Å². The summed E-state index contributed by atoms with van der Waals surface area (Å²) in [5.74, 6) is -1.26. The Morgan fingerprint density at radius 2 is 1.29 bits per heavy atom.